The first kappa shape index (κ1) is 69.1. The van der Waals surface area contributed by atoms with Crippen molar-refractivity contribution in [3.8, 4) is 0 Å². The van der Waals surface area contributed by atoms with Gasteiger partial charge >= 0.3 is 0 Å². The molecule has 0 radical (unpaired) electrons. The first-order chi connectivity index (χ1) is 39.7. The summed E-state index contributed by atoms with van der Waals surface area (Å²) >= 11 is 0. The number of carbonyl (C=O) groups excluding carboxylic acids is 2. The van der Waals surface area contributed by atoms with Gasteiger partial charge in [0.2, 0.25) is 11.8 Å². The number of hydrogen-bond acceptors (Lipinski definition) is 36. The molecule has 7 aliphatic rings. The lowest BCUT2D eigenvalue weighted by Gasteiger charge is -2.49. The molecule has 0 aromatic carbocycles. The smallest absolute Gasteiger partial charge is 0.217 e. The van der Waals surface area contributed by atoms with Crippen molar-refractivity contribution in [1.82, 2.24) is 10.6 Å². The van der Waals surface area contributed by atoms with Gasteiger partial charge in [-0.25, -0.2) is 0 Å². The van der Waals surface area contributed by atoms with Crippen molar-refractivity contribution in [2.75, 3.05) is 46.2 Å². The quantitative estimate of drug-likeness (QED) is 0.0507. The van der Waals surface area contributed by atoms with Gasteiger partial charge in [0.15, 0.2) is 44.0 Å². The minimum absolute atomic E-state index is 0.719. The first-order valence-electron chi connectivity index (χ1n) is 26.6. The van der Waals surface area contributed by atoms with Crippen LogP contribution >= 0.6 is 0 Å². The third-order valence-corrected chi connectivity index (χ3v) is 15.3. The van der Waals surface area contributed by atoms with E-state index in [1.54, 1.807) is 0 Å². The molecule has 38 heteroatoms. The maximum Gasteiger partial charge on any atom is 0.217 e. The molecule has 84 heavy (non-hydrogen) atoms. The number of hydrogen-bond donors (Lipinski definition) is 23. The molecule has 0 aromatic rings. The third kappa shape index (κ3) is 14.9. The van der Waals surface area contributed by atoms with Crippen LogP contribution in [0.2, 0.25) is 0 Å². The molecule has 488 valence electrons. The van der Waals surface area contributed by atoms with Gasteiger partial charge in [0, 0.05) is 13.8 Å². The zero-order valence-electron chi connectivity index (χ0n) is 44.7. The molecule has 7 aliphatic heterocycles. The maximum absolute atomic E-state index is 12.5. The van der Waals surface area contributed by atoms with Crippen LogP contribution in [0.1, 0.15) is 13.8 Å². The second kappa shape index (κ2) is 29.9. The molecule has 38 nitrogen and oxygen atoms in total. The van der Waals surface area contributed by atoms with Crippen LogP contribution in [0.25, 0.3) is 0 Å². The fourth-order valence-electron chi connectivity index (χ4n) is 10.6. The van der Waals surface area contributed by atoms with Crippen LogP contribution in [0.4, 0.5) is 0 Å². The van der Waals surface area contributed by atoms with Crippen LogP contribution in [0.5, 0.6) is 0 Å². The lowest BCUT2D eigenvalue weighted by atomic mass is 9.94. The molecule has 7 fully saturated rings. The zero-order valence-corrected chi connectivity index (χ0v) is 44.7. The van der Waals surface area contributed by atoms with Gasteiger partial charge in [-0.1, -0.05) is 0 Å². The minimum Gasteiger partial charge on any atom is -0.394 e. The van der Waals surface area contributed by atoms with Gasteiger partial charge < -0.3 is 179 Å². The van der Waals surface area contributed by atoms with E-state index in [9.17, 15) is 117 Å². The second-order valence-electron chi connectivity index (χ2n) is 21.1. The largest absolute Gasteiger partial charge is 0.394 e. The van der Waals surface area contributed by atoms with Crippen molar-refractivity contribution in [2.24, 2.45) is 0 Å². The Kier molecular flexibility index (Phi) is 24.6. The van der Waals surface area contributed by atoms with Crippen molar-refractivity contribution in [3.05, 3.63) is 0 Å². The van der Waals surface area contributed by atoms with E-state index in [0.29, 0.717) is 0 Å². The lowest BCUT2D eigenvalue weighted by Crippen LogP contribution is -2.70. The zero-order chi connectivity index (χ0) is 61.9. The Labute approximate surface area is 475 Å². The molecule has 0 saturated carbocycles. The summed E-state index contributed by atoms with van der Waals surface area (Å²) in [5.41, 5.74) is 0. The van der Waals surface area contributed by atoms with Gasteiger partial charge in [0.05, 0.1) is 46.2 Å². The summed E-state index contributed by atoms with van der Waals surface area (Å²) in [6.07, 6.45) is -64.2. The van der Waals surface area contributed by atoms with Crippen LogP contribution in [0, 0.1) is 0 Å². The number of nitrogens with one attached hydrogen (secondary N) is 2. The molecule has 0 bridgehead atoms. The van der Waals surface area contributed by atoms with Crippen LogP contribution in [-0.4, -0.2) is 380 Å². The molecule has 23 N–H and O–H groups in total. The molecular formula is C46H78N2O36. The molecule has 1 unspecified atom stereocenters. The number of aliphatic hydroxyl groups is 21. The third-order valence-electron chi connectivity index (χ3n) is 15.3. The monoisotopic (exact) mass is 1230 g/mol. The Balaban J connectivity index is 1.10. The van der Waals surface area contributed by atoms with Crippen LogP contribution in [0.15, 0.2) is 0 Å². The standard InChI is InChI=1S/C46H78N2O36/c1-10(54)47-19-26(61)36(15(6-52)74-40(19)71)81-41-20(48-11(2)55)27(62)37(16(7-53)78-41)82-45-34(69)30(65)24(59)17(80-45)8-72-42-35(70)38(83-43-32(67)28(63)21(56)12(3-49)75-43)25(60)18(79-42)9-73-46-39(31(66)23(58)14(5-51)77-46)84-44-33(68)29(64)22(57)13(4-50)76-44/h12-46,49-53,56-71H,3-9H2,1-2H3,(H,47,54)(H,48,55)/t12-,13-,14-,15-,16-,17-,18-,19-,20-,21-,22-,23-,24-,25-,26-,27-,28+,29+,30+,31+,32+,33+,34+,35+,36-,37-,38+,39+,40?,41+,42+,43-,44-,45+,46+/m1/s1. The Morgan fingerprint density at radius 1 is 0.310 bits per heavy atom. The average molecular weight is 1240 g/mol. The Morgan fingerprint density at radius 2 is 0.643 bits per heavy atom. The topological polar surface area (TPSA) is 603 Å². The average Bonchev–Trinajstić information content (AvgIpc) is 3.61. The molecule has 2 amide bonds. The van der Waals surface area contributed by atoms with Crippen molar-refractivity contribution in [2.45, 2.75) is 229 Å². The van der Waals surface area contributed by atoms with E-state index >= 15 is 0 Å². The van der Waals surface area contributed by atoms with Gasteiger partial charge in [0.25, 0.3) is 0 Å². The summed E-state index contributed by atoms with van der Waals surface area (Å²) in [7, 11) is 0. The molecule has 0 aliphatic carbocycles. The van der Waals surface area contributed by atoms with E-state index in [2.05, 4.69) is 10.6 Å². The predicted molar refractivity (Wildman–Crippen MR) is 255 cm³/mol. The highest BCUT2D eigenvalue weighted by atomic mass is 16.8. The Hall–Kier alpha value is -2.42. The fourth-order valence-corrected chi connectivity index (χ4v) is 10.6. The number of rotatable bonds is 21. The summed E-state index contributed by atoms with van der Waals surface area (Å²) < 4.78 is 74.2. The number of ether oxygens (including phenoxy) is 13. The highest BCUT2D eigenvalue weighted by Gasteiger charge is 2.57. The van der Waals surface area contributed by atoms with Gasteiger partial charge in [-0.2, -0.15) is 0 Å². The number of carbonyl (C=O) groups is 2. The number of aliphatic hydroxyl groups excluding tert-OH is 21. The van der Waals surface area contributed by atoms with Crippen LogP contribution in [0.3, 0.4) is 0 Å². The van der Waals surface area contributed by atoms with Crippen molar-refractivity contribution < 1.29 is 178 Å². The van der Waals surface area contributed by atoms with E-state index in [0.717, 1.165) is 13.8 Å². The normalized spacial score (nSPS) is 50.3. The van der Waals surface area contributed by atoms with Gasteiger partial charge in [-0.15, -0.1) is 0 Å². The van der Waals surface area contributed by atoms with E-state index in [4.69, 9.17) is 61.6 Å². The second-order valence-corrected chi connectivity index (χ2v) is 21.1. The molecule has 35 atom stereocenters. The summed E-state index contributed by atoms with van der Waals surface area (Å²) in [6.45, 7) is -4.68. The summed E-state index contributed by atoms with van der Waals surface area (Å²) in [6, 6.07) is -3.27. The van der Waals surface area contributed by atoms with Crippen LogP contribution < -0.4 is 10.6 Å². The summed E-state index contributed by atoms with van der Waals surface area (Å²) in [5.74, 6) is -1.55. The Bertz CT molecular complexity index is 2060. The van der Waals surface area contributed by atoms with Gasteiger partial charge in [-0.3, -0.25) is 9.59 Å². The fraction of sp³-hybridized carbons (Fsp3) is 0.957. The van der Waals surface area contributed by atoms with E-state index in [-0.39, 0.29) is 0 Å². The van der Waals surface area contributed by atoms with Crippen LogP contribution in [-0.2, 0) is 71.2 Å². The van der Waals surface area contributed by atoms with E-state index < -0.39 is 273 Å². The molecular weight excluding hydrogens is 1160 g/mol. The lowest BCUT2D eigenvalue weighted by molar-refractivity contribution is -0.383. The highest BCUT2D eigenvalue weighted by Crippen LogP contribution is 2.36. The molecule has 7 heterocycles. The first-order valence-corrected chi connectivity index (χ1v) is 26.6. The van der Waals surface area contributed by atoms with E-state index in [1.165, 1.54) is 0 Å². The molecule has 7 saturated heterocycles. The predicted octanol–water partition coefficient (Wildman–Crippen LogP) is -16.0. The van der Waals surface area contributed by atoms with Gasteiger partial charge in [0.1, 0.15) is 171 Å². The van der Waals surface area contributed by atoms with Crippen molar-refractivity contribution in [1.29, 1.82) is 0 Å². The molecule has 0 spiro atoms. The SMILES string of the molecule is CC(=O)N[C@H]1[C@H](O[C@H]2[C@H](O)[C@@H](NC(C)=O)C(O)O[C@@H]2CO)O[C@H](CO)[C@@H](O[C@@H]2O[C@H](CO[C@H]3O[C@H](CO[C@H]4O[C@H](CO)[C@@H](O)[C@H](O)[C@@H]4O[C@H]4O[C@H](CO)[C@@H](O)[C@H](O)[C@@H]4O)[C@@H](O)[C@H](O[C@H]4O[C@H](CO)[C@@H](O)[C@H](O)[C@@H]4O)[C@@H]3O)[C@@H](O)[C@H](O)[C@@H]2O)[C@@H]1O. The summed E-state index contributed by atoms with van der Waals surface area (Å²) in [4.78, 5) is 24.4. The number of amides is 2. The highest BCUT2D eigenvalue weighted by molar-refractivity contribution is 5.73. The van der Waals surface area contributed by atoms with Gasteiger partial charge in [-0.05, 0) is 0 Å². The molecule has 0 aromatic heterocycles. The Morgan fingerprint density at radius 3 is 1.12 bits per heavy atom. The van der Waals surface area contributed by atoms with Crippen molar-refractivity contribution in [3.63, 3.8) is 0 Å². The maximum atomic E-state index is 12.5. The molecule has 7 rings (SSSR count). The van der Waals surface area contributed by atoms with Crippen molar-refractivity contribution >= 4 is 11.8 Å². The summed E-state index contributed by atoms with van der Waals surface area (Å²) in [5, 5.41) is 230. The minimum atomic E-state index is -2.24. The van der Waals surface area contributed by atoms with E-state index in [1.807, 2.05) is 0 Å².